The Bertz CT molecular complexity index is 446. The van der Waals surface area contributed by atoms with Gasteiger partial charge >= 0.3 is 5.97 Å². The van der Waals surface area contributed by atoms with Crippen LogP contribution in [0.15, 0.2) is 6.20 Å². The summed E-state index contributed by atoms with van der Waals surface area (Å²) in [4.78, 5) is 10.9. The van der Waals surface area contributed by atoms with Crippen molar-refractivity contribution in [3.8, 4) is 0 Å². The second-order valence-corrected chi connectivity index (χ2v) is 5.79. The van der Waals surface area contributed by atoms with E-state index in [-0.39, 0.29) is 5.92 Å². The average molecular weight is 265 g/mol. The van der Waals surface area contributed by atoms with Gasteiger partial charge in [0.1, 0.15) is 0 Å². The van der Waals surface area contributed by atoms with Crippen LogP contribution in [-0.4, -0.2) is 26.9 Å². The second kappa shape index (κ2) is 5.63. The third kappa shape index (κ3) is 3.28. The highest BCUT2D eigenvalue weighted by molar-refractivity contribution is 5.70. The van der Waals surface area contributed by atoms with E-state index in [1.165, 1.54) is 0 Å². The number of nitrogens with one attached hydrogen (secondary N) is 1. The molecule has 2 N–H and O–H groups in total. The van der Waals surface area contributed by atoms with Crippen LogP contribution >= 0.6 is 0 Å². The Labute approximate surface area is 114 Å². The molecule has 0 aliphatic heterocycles. The van der Waals surface area contributed by atoms with Gasteiger partial charge in [0.2, 0.25) is 0 Å². The van der Waals surface area contributed by atoms with Crippen LogP contribution in [-0.2, 0) is 11.8 Å². The van der Waals surface area contributed by atoms with E-state index in [1.54, 1.807) is 0 Å². The molecule has 2 rings (SSSR count). The predicted octanol–water partition coefficient (Wildman–Crippen LogP) is 2.60. The lowest BCUT2D eigenvalue weighted by Crippen LogP contribution is -2.29. The van der Waals surface area contributed by atoms with Crippen molar-refractivity contribution in [3.63, 3.8) is 0 Å². The highest BCUT2D eigenvalue weighted by atomic mass is 16.4. The number of hydrogen-bond donors (Lipinski definition) is 2. The molecule has 0 radical (unpaired) electrons. The number of hydrogen-bond acceptors (Lipinski definition) is 3. The third-order valence-corrected chi connectivity index (χ3v) is 3.84. The maximum absolute atomic E-state index is 10.9. The van der Waals surface area contributed by atoms with Crippen molar-refractivity contribution < 1.29 is 9.90 Å². The first-order chi connectivity index (χ1) is 8.97. The first-order valence-corrected chi connectivity index (χ1v) is 7.00. The number of anilines is 1. The number of aliphatic carboxylic acids is 1. The van der Waals surface area contributed by atoms with E-state index in [0.29, 0.717) is 12.0 Å². The molecule has 106 valence electrons. The quantitative estimate of drug-likeness (QED) is 0.878. The van der Waals surface area contributed by atoms with Gasteiger partial charge in [-0.25, -0.2) is 0 Å². The van der Waals surface area contributed by atoms with Crippen LogP contribution < -0.4 is 5.32 Å². The fourth-order valence-electron chi connectivity index (χ4n) is 2.75. The molecule has 1 fully saturated rings. The van der Waals surface area contributed by atoms with Crippen LogP contribution in [0.1, 0.15) is 51.1 Å². The van der Waals surface area contributed by atoms with Crippen molar-refractivity contribution in [3.05, 3.63) is 11.9 Å². The Balaban J connectivity index is 1.97. The lowest BCUT2D eigenvalue weighted by Gasteiger charge is -2.27. The molecule has 0 amide bonds. The normalized spacial score (nSPS) is 23.6. The number of carboxylic acid groups (broad SMARTS) is 1. The molecule has 0 spiro atoms. The van der Waals surface area contributed by atoms with E-state index >= 15 is 0 Å². The summed E-state index contributed by atoms with van der Waals surface area (Å²) >= 11 is 0. The van der Waals surface area contributed by atoms with Gasteiger partial charge in [0.05, 0.1) is 17.3 Å². The van der Waals surface area contributed by atoms with Gasteiger partial charge in [-0.2, -0.15) is 5.10 Å². The van der Waals surface area contributed by atoms with E-state index in [9.17, 15) is 4.79 Å². The zero-order chi connectivity index (χ0) is 14.0. The molecule has 5 nitrogen and oxygen atoms in total. The van der Waals surface area contributed by atoms with Gasteiger partial charge in [-0.3, -0.25) is 9.48 Å². The first-order valence-electron chi connectivity index (χ1n) is 7.00. The average Bonchev–Trinajstić information content (AvgIpc) is 2.71. The SMILES string of the molecule is CC(C)c1nn(C)cc1NC1CCC(C(=O)O)CC1. The molecule has 0 unspecified atom stereocenters. The lowest BCUT2D eigenvalue weighted by atomic mass is 9.86. The number of carbonyl (C=O) groups is 1. The Morgan fingerprint density at radius 3 is 2.58 bits per heavy atom. The standard InChI is InChI=1S/C14H23N3O2/c1-9(2)13-12(8-17(3)16-13)15-11-6-4-10(5-7-11)14(18)19/h8-11,15H,4-7H2,1-3H3,(H,18,19). The van der Waals surface area contributed by atoms with E-state index in [4.69, 9.17) is 5.11 Å². The summed E-state index contributed by atoms with van der Waals surface area (Å²) in [6, 6.07) is 0.372. The summed E-state index contributed by atoms with van der Waals surface area (Å²) in [5.41, 5.74) is 2.18. The summed E-state index contributed by atoms with van der Waals surface area (Å²) in [7, 11) is 1.93. The monoisotopic (exact) mass is 265 g/mol. The summed E-state index contributed by atoms with van der Waals surface area (Å²) in [6.07, 6.45) is 5.39. The molecule has 0 saturated heterocycles. The van der Waals surface area contributed by atoms with Crippen LogP contribution in [0.3, 0.4) is 0 Å². The molecule has 1 aliphatic rings. The molecule has 1 aromatic heterocycles. The van der Waals surface area contributed by atoms with Crippen molar-refractivity contribution in [2.24, 2.45) is 13.0 Å². The van der Waals surface area contributed by atoms with Crippen molar-refractivity contribution in [2.75, 3.05) is 5.32 Å². The number of carboxylic acids is 1. The minimum absolute atomic E-state index is 0.156. The highest BCUT2D eigenvalue weighted by Gasteiger charge is 2.26. The minimum atomic E-state index is -0.650. The van der Waals surface area contributed by atoms with Crippen LogP contribution in [0.5, 0.6) is 0 Å². The molecular formula is C14H23N3O2. The van der Waals surface area contributed by atoms with Crippen molar-refractivity contribution >= 4 is 11.7 Å². The number of nitrogens with zero attached hydrogens (tertiary/aromatic N) is 2. The first kappa shape index (κ1) is 13.9. The second-order valence-electron chi connectivity index (χ2n) is 5.79. The lowest BCUT2D eigenvalue weighted by molar-refractivity contribution is -0.142. The molecule has 1 aliphatic carbocycles. The van der Waals surface area contributed by atoms with Crippen molar-refractivity contribution in [1.29, 1.82) is 0 Å². The van der Waals surface area contributed by atoms with E-state index in [2.05, 4.69) is 24.3 Å². The molecule has 1 heterocycles. The van der Waals surface area contributed by atoms with Crippen LogP contribution in [0.4, 0.5) is 5.69 Å². The molecule has 1 saturated carbocycles. The third-order valence-electron chi connectivity index (χ3n) is 3.84. The fourth-order valence-corrected chi connectivity index (χ4v) is 2.75. The van der Waals surface area contributed by atoms with Gasteiger partial charge in [0, 0.05) is 19.3 Å². The van der Waals surface area contributed by atoms with Gasteiger partial charge in [-0.1, -0.05) is 13.8 Å². The van der Waals surface area contributed by atoms with Gasteiger partial charge < -0.3 is 10.4 Å². The van der Waals surface area contributed by atoms with Crippen LogP contribution in [0.2, 0.25) is 0 Å². The van der Waals surface area contributed by atoms with Crippen LogP contribution in [0, 0.1) is 5.92 Å². The fraction of sp³-hybridized carbons (Fsp3) is 0.714. The smallest absolute Gasteiger partial charge is 0.306 e. The summed E-state index contributed by atoms with van der Waals surface area (Å²) in [5.74, 6) is -0.418. The molecule has 0 atom stereocenters. The number of rotatable bonds is 4. The van der Waals surface area contributed by atoms with Gasteiger partial charge in [0.25, 0.3) is 0 Å². The van der Waals surface area contributed by atoms with Crippen LogP contribution in [0.25, 0.3) is 0 Å². The summed E-state index contributed by atoms with van der Waals surface area (Å²) in [5, 5.41) is 17.0. The summed E-state index contributed by atoms with van der Waals surface area (Å²) in [6.45, 7) is 4.27. The highest BCUT2D eigenvalue weighted by Crippen LogP contribution is 2.29. The van der Waals surface area contributed by atoms with Gasteiger partial charge in [-0.15, -0.1) is 0 Å². The molecule has 5 heteroatoms. The van der Waals surface area contributed by atoms with Gasteiger partial charge in [0.15, 0.2) is 0 Å². The molecule has 19 heavy (non-hydrogen) atoms. The Morgan fingerprint density at radius 1 is 1.42 bits per heavy atom. The van der Waals surface area contributed by atoms with Crippen molar-refractivity contribution in [1.82, 2.24) is 9.78 Å². The van der Waals surface area contributed by atoms with E-state index < -0.39 is 5.97 Å². The maximum Gasteiger partial charge on any atom is 0.306 e. The number of aryl methyl sites for hydroxylation is 1. The summed E-state index contributed by atoms with van der Waals surface area (Å²) < 4.78 is 1.83. The molecule has 0 bridgehead atoms. The topological polar surface area (TPSA) is 67.2 Å². The minimum Gasteiger partial charge on any atom is -0.481 e. The molecular weight excluding hydrogens is 242 g/mol. The number of aromatic nitrogens is 2. The zero-order valence-corrected chi connectivity index (χ0v) is 11.9. The largest absolute Gasteiger partial charge is 0.481 e. The zero-order valence-electron chi connectivity index (χ0n) is 11.9. The Kier molecular flexibility index (Phi) is 4.12. The Morgan fingerprint density at radius 2 is 2.05 bits per heavy atom. The predicted molar refractivity (Wildman–Crippen MR) is 74.3 cm³/mol. The maximum atomic E-state index is 10.9. The van der Waals surface area contributed by atoms with E-state index in [1.807, 2.05) is 17.9 Å². The van der Waals surface area contributed by atoms with Crippen molar-refractivity contribution in [2.45, 2.75) is 51.5 Å². The van der Waals surface area contributed by atoms with E-state index in [0.717, 1.165) is 37.1 Å². The van der Waals surface area contributed by atoms with Gasteiger partial charge in [-0.05, 0) is 31.6 Å². The molecule has 0 aromatic carbocycles. The molecule has 1 aromatic rings. The Hall–Kier alpha value is -1.52.